The highest BCUT2D eigenvalue weighted by Crippen LogP contribution is 2.31. The molecule has 0 amide bonds. The maximum Gasteiger partial charge on any atom is 0.324 e. The van der Waals surface area contributed by atoms with Crippen LogP contribution in [-0.4, -0.2) is 13.1 Å². The van der Waals surface area contributed by atoms with Gasteiger partial charge in [-0.2, -0.15) is 0 Å². The number of esters is 1. The molecule has 1 rings (SSSR count). The van der Waals surface area contributed by atoms with Crippen molar-refractivity contribution in [2.75, 3.05) is 7.11 Å². The van der Waals surface area contributed by atoms with Crippen LogP contribution in [-0.2, 0) is 9.53 Å². The lowest BCUT2D eigenvalue weighted by molar-refractivity contribution is -0.139. The van der Waals surface area contributed by atoms with Crippen molar-refractivity contribution >= 4 is 45.1 Å². The second-order valence-electron chi connectivity index (χ2n) is 2.55. The van der Waals surface area contributed by atoms with Gasteiger partial charge in [-0.15, -0.1) is 0 Å². The molecule has 0 aliphatic carbocycles. The molecule has 5 heteroatoms. The summed E-state index contributed by atoms with van der Waals surface area (Å²) in [6.45, 7) is 0. The molecule has 1 aromatic rings. The lowest BCUT2D eigenvalue weighted by atomic mass is 10.1. The Balaban J connectivity index is 3.01. The Morgan fingerprint density at radius 2 is 2.14 bits per heavy atom. The van der Waals surface area contributed by atoms with E-state index < -0.39 is 10.8 Å². The molecular formula is C9H7BrCl2O2. The minimum absolute atomic E-state index is 0.394. The first-order chi connectivity index (χ1) is 6.56. The molecule has 0 radical (unpaired) electrons. The van der Waals surface area contributed by atoms with Gasteiger partial charge in [0.25, 0.3) is 0 Å². The fraction of sp³-hybridized carbons (Fsp3) is 0.222. The standard InChI is InChI=1S/C9H7BrCl2O2/c1-14-9(13)8(10)6-3-2-5(11)4-7(6)12/h2-4,8H,1H3. The number of alkyl halides is 1. The van der Waals surface area contributed by atoms with E-state index in [-0.39, 0.29) is 0 Å². The summed E-state index contributed by atoms with van der Waals surface area (Å²) >= 11 is 14.8. The van der Waals surface area contributed by atoms with Crippen LogP contribution < -0.4 is 0 Å². The van der Waals surface area contributed by atoms with Crippen molar-refractivity contribution in [3.63, 3.8) is 0 Å². The molecular weight excluding hydrogens is 291 g/mol. The van der Waals surface area contributed by atoms with E-state index in [9.17, 15) is 4.79 Å². The van der Waals surface area contributed by atoms with Gasteiger partial charge in [0.15, 0.2) is 0 Å². The van der Waals surface area contributed by atoms with E-state index in [0.717, 1.165) is 0 Å². The van der Waals surface area contributed by atoms with Crippen LogP contribution in [0.1, 0.15) is 10.4 Å². The van der Waals surface area contributed by atoms with Crippen LogP contribution in [0.3, 0.4) is 0 Å². The van der Waals surface area contributed by atoms with Crippen LogP contribution in [0.25, 0.3) is 0 Å². The Bertz CT molecular complexity index is 355. The molecule has 0 saturated carbocycles. The molecule has 0 heterocycles. The first-order valence-electron chi connectivity index (χ1n) is 3.73. The second-order valence-corrected chi connectivity index (χ2v) is 4.31. The average molecular weight is 298 g/mol. The fourth-order valence-electron chi connectivity index (χ4n) is 0.937. The van der Waals surface area contributed by atoms with Gasteiger partial charge in [0.1, 0.15) is 4.83 Å². The lowest BCUT2D eigenvalue weighted by Crippen LogP contribution is -2.08. The highest BCUT2D eigenvalue weighted by molar-refractivity contribution is 9.09. The average Bonchev–Trinajstić information content (AvgIpc) is 2.15. The SMILES string of the molecule is COC(=O)C(Br)c1ccc(Cl)cc1Cl. The van der Waals surface area contributed by atoms with Crippen molar-refractivity contribution in [2.45, 2.75) is 4.83 Å². The number of hydrogen-bond acceptors (Lipinski definition) is 2. The maximum absolute atomic E-state index is 11.2. The number of benzene rings is 1. The Morgan fingerprint density at radius 3 is 2.64 bits per heavy atom. The Kier molecular flexibility index (Phi) is 4.23. The first kappa shape index (κ1) is 11.8. The largest absolute Gasteiger partial charge is 0.468 e. The molecule has 0 aliphatic heterocycles. The van der Waals surface area contributed by atoms with Gasteiger partial charge in [-0.25, -0.2) is 0 Å². The third-order valence-electron chi connectivity index (χ3n) is 1.64. The van der Waals surface area contributed by atoms with Crippen LogP contribution >= 0.6 is 39.1 Å². The second kappa shape index (κ2) is 5.01. The molecule has 0 aliphatic rings. The minimum atomic E-state index is -0.558. The Morgan fingerprint density at radius 1 is 1.50 bits per heavy atom. The van der Waals surface area contributed by atoms with E-state index in [1.165, 1.54) is 7.11 Å². The van der Waals surface area contributed by atoms with E-state index in [4.69, 9.17) is 23.2 Å². The summed E-state index contributed by atoms with van der Waals surface area (Å²) in [5.41, 5.74) is 0.642. The van der Waals surface area contributed by atoms with Gasteiger partial charge in [-0.05, 0) is 17.7 Å². The smallest absolute Gasteiger partial charge is 0.324 e. The molecule has 0 spiro atoms. The van der Waals surface area contributed by atoms with Gasteiger partial charge in [-0.3, -0.25) is 4.79 Å². The Hall–Kier alpha value is -0.250. The van der Waals surface area contributed by atoms with E-state index in [0.29, 0.717) is 15.6 Å². The summed E-state index contributed by atoms with van der Waals surface area (Å²) < 4.78 is 4.57. The van der Waals surface area contributed by atoms with Crippen molar-refractivity contribution in [2.24, 2.45) is 0 Å². The van der Waals surface area contributed by atoms with Gasteiger partial charge < -0.3 is 4.74 Å². The zero-order valence-electron chi connectivity index (χ0n) is 7.26. The van der Waals surface area contributed by atoms with Crippen molar-refractivity contribution in [3.8, 4) is 0 Å². The number of halogens is 3. The summed E-state index contributed by atoms with van der Waals surface area (Å²) in [5.74, 6) is -0.394. The molecule has 14 heavy (non-hydrogen) atoms. The molecule has 0 saturated heterocycles. The van der Waals surface area contributed by atoms with Gasteiger partial charge in [0.05, 0.1) is 7.11 Å². The van der Waals surface area contributed by atoms with Crippen LogP contribution in [0.5, 0.6) is 0 Å². The summed E-state index contributed by atoms with van der Waals surface area (Å²) in [7, 11) is 1.32. The van der Waals surface area contributed by atoms with Crippen molar-refractivity contribution in [1.82, 2.24) is 0 Å². The lowest BCUT2D eigenvalue weighted by Gasteiger charge is -2.09. The summed E-state index contributed by atoms with van der Waals surface area (Å²) in [6, 6.07) is 4.93. The number of rotatable bonds is 2. The Labute approximate surface area is 100 Å². The van der Waals surface area contributed by atoms with Gasteiger partial charge in [0.2, 0.25) is 0 Å². The van der Waals surface area contributed by atoms with Crippen LogP contribution in [0.15, 0.2) is 18.2 Å². The highest BCUT2D eigenvalue weighted by Gasteiger charge is 2.20. The predicted molar refractivity (Wildman–Crippen MR) is 60.1 cm³/mol. The van der Waals surface area contributed by atoms with Crippen molar-refractivity contribution in [1.29, 1.82) is 0 Å². The molecule has 76 valence electrons. The number of hydrogen-bond donors (Lipinski definition) is 0. The molecule has 0 N–H and O–H groups in total. The molecule has 1 aromatic carbocycles. The third-order valence-corrected chi connectivity index (χ3v) is 3.07. The topological polar surface area (TPSA) is 26.3 Å². The van der Waals surface area contributed by atoms with E-state index in [1.54, 1.807) is 18.2 Å². The van der Waals surface area contributed by atoms with Crippen molar-refractivity contribution < 1.29 is 9.53 Å². The zero-order chi connectivity index (χ0) is 10.7. The highest BCUT2D eigenvalue weighted by atomic mass is 79.9. The monoisotopic (exact) mass is 296 g/mol. The van der Waals surface area contributed by atoms with Crippen molar-refractivity contribution in [3.05, 3.63) is 33.8 Å². The van der Waals surface area contributed by atoms with Crippen LogP contribution in [0, 0.1) is 0 Å². The number of methoxy groups -OCH3 is 1. The maximum atomic E-state index is 11.2. The normalized spacial score (nSPS) is 12.3. The van der Waals surface area contributed by atoms with Crippen LogP contribution in [0.4, 0.5) is 0 Å². The third kappa shape index (κ3) is 2.62. The molecule has 2 nitrogen and oxygen atoms in total. The summed E-state index contributed by atoms with van der Waals surface area (Å²) in [4.78, 5) is 10.6. The molecule has 0 bridgehead atoms. The zero-order valence-corrected chi connectivity index (χ0v) is 10.4. The minimum Gasteiger partial charge on any atom is -0.468 e. The summed E-state index contributed by atoms with van der Waals surface area (Å²) in [5, 5.41) is 0.966. The van der Waals surface area contributed by atoms with E-state index in [2.05, 4.69) is 20.7 Å². The molecule has 1 atom stereocenters. The van der Waals surface area contributed by atoms with E-state index >= 15 is 0 Å². The van der Waals surface area contributed by atoms with Gasteiger partial charge >= 0.3 is 5.97 Å². The molecule has 0 aromatic heterocycles. The quantitative estimate of drug-likeness (QED) is 0.616. The fourth-order valence-corrected chi connectivity index (χ4v) is 2.17. The molecule has 1 unspecified atom stereocenters. The first-order valence-corrected chi connectivity index (χ1v) is 5.40. The number of ether oxygens (including phenoxy) is 1. The molecule has 0 fully saturated rings. The van der Waals surface area contributed by atoms with Gasteiger partial charge in [-0.1, -0.05) is 45.2 Å². The number of carbonyl (C=O) groups excluding carboxylic acids is 1. The number of carbonyl (C=O) groups is 1. The summed E-state index contributed by atoms with van der Waals surface area (Å²) in [6.07, 6.45) is 0. The predicted octanol–water partition coefficient (Wildman–Crippen LogP) is 3.60. The van der Waals surface area contributed by atoms with Crippen LogP contribution in [0.2, 0.25) is 10.0 Å². The van der Waals surface area contributed by atoms with Gasteiger partial charge in [0, 0.05) is 10.0 Å². The van der Waals surface area contributed by atoms with E-state index in [1.807, 2.05) is 0 Å².